The molecule has 0 spiro atoms. The van der Waals surface area contributed by atoms with Gasteiger partial charge in [0.1, 0.15) is 17.8 Å². The molecule has 0 saturated heterocycles. The Morgan fingerprint density at radius 1 is 0.912 bits per heavy atom. The number of aliphatic hydroxyl groups excluding tert-OH is 1. The summed E-state index contributed by atoms with van der Waals surface area (Å²) in [5, 5.41) is 11.5. The van der Waals surface area contributed by atoms with E-state index in [1.54, 1.807) is 6.33 Å². The molecule has 2 aromatic carbocycles. The van der Waals surface area contributed by atoms with Gasteiger partial charge in [0.15, 0.2) is 0 Å². The van der Waals surface area contributed by atoms with Gasteiger partial charge >= 0.3 is 0 Å². The van der Waals surface area contributed by atoms with Crippen molar-refractivity contribution in [2.75, 3.05) is 12.3 Å². The van der Waals surface area contributed by atoms with E-state index in [0.29, 0.717) is 17.8 Å². The van der Waals surface area contributed by atoms with Crippen molar-refractivity contribution in [3.8, 4) is 22.4 Å². The van der Waals surface area contributed by atoms with E-state index in [4.69, 9.17) is 10.7 Å². The van der Waals surface area contributed by atoms with Gasteiger partial charge in [-0.15, -0.1) is 0 Å². The Hall–Kier alpha value is -3.77. The van der Waals surface area contributed by atoms with E-state index in [1.165, 1.54) is 0 Å². The van der Waals surface area contributed by atoms with Gasteiger partial charge in [0.25, 0.3) is 0 Å². The molecule has 0 unspecified atom stereocenters. The lowest BCUT2D eigenvalue weighted by Crippen LogP contribution is -2.20. The molecule has 1 fully saturated rings. The number of benzene rings is 2. The summed E-state index contributed by atoms with van der Waals surface area (Å²) in [5.74, 6) is 0.900. The summed E-state index contributed by atoms with van der Waals surface area (Å²) in [6, 6.07) is 21.1. The number of nitrogens with zero attached hydrogens (tertiary/aromatic N) is 4. The maximum atomic E-state index is 9.54. The third kappa shape index (κ3) is 3.60. The second-order valence-electron chi connectivity index (χ2n) is 9.23. The highest BCUT2D eigenvalue weighted by atomic mass is 16.3. The second-order valence-corrected chi connectivity index (χ2v) is 9.23. The highest BCUT2D eigenvalue weighted by molar-refractivity contribution is 6.02. The number of nitrogen functional groups attached to an aromatic ring is 1. The highest BCUT2D eigenvalue weighted by Crippen LogP contribution is 2.39. The summed E-state index contributed by atoms with van der Waals surface area (Å²) in [5.41, 5.74) is 12.3. The third-order valence-corrected chi connectivity index (χ3v) is 7.18. The molecule has 3 N–H and O–H groups in total. The van der Waals surface area contributed by atoms with Crippen molar-refractivity contribution in [1.29, 1.82) is 0 Å². The van der Waals surface area contributed by atoms with Crippen LogP contribution in [0.5, 0.6) is 0 Å². The fraction of sp³-hybridized carbons (Fsp3) is 0.250. The molecule has 6 rings (SSSR count). The Balaban J connectivity index is 1.46. The van der Waals surface area contributed by atoms with E-state index in [0.717, 1.165) is 70.0 Å². The van der Waals surface area contributed by atoms with Gasteiger partial charge in [-0.05, 0) is 49.3 Å². The number of rotatable bonds is 4. The Kier molecular flexibility index (Phi) is 5.23. The van der Waals surface area contributed by atoms with Crippen molar-refractivity contribution in [2.24, 2.45) is 5.92 Å². The molecular formula is C28H27N5O. The van der Waals surface area contributed by atoms with Crippen molar-refractivity contribution in [3.05, 3.63) is 73.2 Å². The monoisotopic (exact) mass is 449 g/mol. The van der Waals surface area contributed by atoms with Crippen LogP contribution in [0.3, 0.4) is 0 Å². The SMILES string of the molecule is Nc1ncnc2c1c(-c1ccc3ccc(-c4ccccc4)nc3c1)cn2[C@H]1CC[C@@H](CO)CC1. The van der Waals surface area contributed by atoms with Crippen molar-refractivity contribution >= 4 is 27.8 Å². The lowest BCUT2D eigenvalue weighted by molar-refractivity contribution is 0.170. The maximum Gasteiger partial charge on any atom is 0.146 e. The smallest absolute Gasteiger partial charge is 0.146 e. The van der Waals surface area contributed by atoms with Crippen molar-refractivity contribution in [2.45, 2.75) is 31.7 Å². The summed E-state index contributed by atoms with van der Waals surface area (Å²) >= 11 is 0. The molecule has 1 aliphatic carbocycles. The topological polar surface area (TPSA) is 89.9 Å². The first kappa shape index (κ1) is 20.8. The van der Waals surface area contributed by atoms with Gasteiger partial charge in [-0.1, -0.05) is 48.5 Å². The summed E-state index contributed by atoms with van der Waals surface area (Å²) in [7, 11) is 0. The van der Waals surface area contributed by atoms with Gasteiger partial charge in [0.2, 0.25) is 0 Å². The van der Waals surface area contributed by atoms with Crippen molar-refractivity contribution in [1.82, 2.24) is 19.5 Å². The fourth-order valence-electron chi connectivity index (χ4n) is 5.27. The minimum Gasteiger partial charge on any atom is -0.396 e. The van der Waals surface area contributed by atoms with Crippen LogP contribution in [0.25, 0.3) is 44.3 Å². The van der Waals surface area contributed by atoms with Crippen LogP contribution < -0.4 is 5.73 Å². The van der Waals surface area contributed by atoms with E-state index in [9.17, 15) is 5.11 Å². The Labute approximate surface area is 198 Å². The van der Waals surface area contributed by atoms with Gasteiger partial charge < -0.3 is 15.4 Å². The minimum absolute atomic E-state index is 0.272. The van der Waals surface area contributed by atoms with Crippen molar-refractivity contribution in [3.63, 3.8) is 0 Å². The molecule has 3 aromatic heterocycles. The highest BCUT2D eigenvalue weighted by Gasteiger charge is 2.25. The number of aliphatic hydroxyl groups is 1. The molecule has 0 amide bonds. The van der Waals surface area contributed by atoms with Crippen LogP contribution in [0.15, 0.2) is 73.2 Å². The van der Waals surface area contributed by atoms with Gasteiger partial charge in [-0.3, -0.25) is 0 Å². The van der Waals surface area contributed by atoms with Crippen LogP contribution in [0.2, 0.25) is 0 Å². The average molecular weight is 450 g/mol. The molecule has 1 saturated carbocycles. The van der Waals surface area contributed by atoms with Crippen LogP contribution >= 0.6 is 0 Å². The van der Waals surface area contributed by atoms with Crippen LogP contribution in [-0.2, 0) is 0 Å². The number of aromatic nitrogens is 4. The lowest BCUT2D eigenvalue weighted by atomic mass is 9.86. The third-order valence-electron chi connectivity index (χ3n) is 7.18. The molecule has 34 heavy (non-hydrogen) atoms. The van der Waals surface area contributed by atoms with E-state index >= 15 is 0 Å². The first-order chi connectivity index (χ1) is 16.7. The van der Waals surface area contributed by atoms with Crippen LogP contribution in [-0.4, -0.2) is 31.2 Å². The molecule has 1 aliphatic rings. The molecule has 0 atom stereocenters. The average Bonchev–Trinajstić information content (AvgIpc) is 3.30. The summed E-state index contributed by atoms with van der Waals surface area (Å²) in [6.07, 6.45) is 7.83. The quantitative estimate of drug-likeness (QED) is 0.372. The molecule has 6 heteroatoms. The van der Waals surface area contributed by atoms with E-state index in [2.05, 4.69) is 63.2 Å². The first-order valence-corrected chi connectivity index (χ1v) is 11.9. The van der Waals surface area contributed by atoms with E-state index in [1.807, 2.05) is 18.2 Å². The second kappa shape index (κ2) is 8.54. The number of hydrogen-bond acceptors (Lipinski definition) is 5. The minimum atomic E-state index is 0.272. The van der Waals surface area contributed by atoms with Gasteiger partial charge in [-0.2, -0.15) is 0 Å². The van der Waals surface area contributed by atoms with Gasteiger partial charge in [0, 0.05) is 35.4 Å². The normalized spacial score (nSPS) is 18.5. The van der Waals surface area contributed by atoms with Crippen LogP contribution in [0.4, 0.5) is 5.82 Å². The van der Waals surface area contributed by atoms with Gasteiger partial charge in [0.05, 0.1) is 16.6 Å². The number of nitrogens with two attached hydrogens (primary N) is 1. The first-order valence-electron chi connectivity index (χ1n) is 11.9. The number of fused-ring (bicyclic) bond motifs is 2. The van der Waals surface area contributed by atoms with Gasteiger partial charge in [-0.25, -0.2) is 15.0 Å². The van der Waals surface area contributed by atoms with Crippen LogP contribution in [0.1, 0.15) is 31.7 Å². The zero-order chi connectivity index (χ0) is 23.1. The largest absolute Gasteiger partial charge is 0.396 e. The molecule has 0 radical (unpaired) electrons. The zero-order valence-electron chi connectivity index (χ0n) is 18.9. The molecular weight excluding hydrogens is 422 g/mol. The summed E-state index contributed by atoms with van der Waals surface area (Å²) in [4.78, 5) is 13.9. The molecule has 0 bridgehead atoms. The van der Waals surface area contributed by atoms with Crippen LogP contribution in [0, 0.1) is 5.92 Å². The molecule has 5 aromatic rings. The Morgan fingerprint density at radius 3 is 2.50 bits per heavy atom. The van der Waals surface area contributed by atoms with E-state index < -0.39 is 0 Å². The Morgan fingerprint density at radius 2 is 1.71 bits per heavy atom. The predicted molar refractivity (Wildman–Crippen MR) is 136 cm³/mol. The Bertz CT molecular complexity index is 1470. The summed E-state index contributed by atoms with van der Waals surface area (Å²) in [6.45, 7) is 0.272. The zero-order valence-corrected chi connectivity index (χ0v) is 18.9. The standard InChI is InChI=1S/C28H27N5O/c29-27-26-23(15-33(28(26)31-17-30-27)22-11-6-18(16-34)7-12-22)21-9-8-20-10-13-24(32-25(20)14-21)19-4-2-1-3-5-19/h1-5,8-10,13-15,17-18,22,34H,6-7,11-12,16H2,(H2,29,30,31)/t18-,22+. The fourth-order valence-corrected chi connectivity index (χ4v) is 5.27. The van der Waals surface area contributed by atoms with E-state index in [-0.39, 0.29) is 6.61 Å². The number of pyridine rings is 1. The predicted octanol–water partition coefficient (Wildman–Crippen LogP) is 5.62. The number of hydrogen-bond donors (Lipinski definition) is 2. The lowest BCUT2D eigenvalue weighted by Gasteiger charge is -2.28. The maximum absolute atomic E-state index is 9.54. The van der Waals surface area contributed by atoms with Crippen molar-refractivity contribution < 1.29 is 5.11 Å². The molecule has 0 aliphatic heterocycles. The molecule has 3 heterocycles. The number of anilines is 1. The summed E-state index contributed by atoms with van der Waals surface area (Å²) < 4.78 is 2.27. The molecule has 6 nitrogen and oxygen atoms in total. The molecule has 170 valence electrons.